The van der Waals surface area contributed by atoms with Crippen molar-refractivity contribution in [2.24, 2.45) is 0 Å². The zero-order valence-electron chi connectivity index (χ0n) is 15.3. The lowest BCUT2D eigenvalue weighted by atomic mass is 10.1. The van der Waals surface area contributed by atoms with Gasteiger partial charge in [0.05, 0.1) is 26.9 Å². The molecule has 3 aromatic rings. The van der Waals surface area contributed by atoms with E-state index in [4.69, 9.17) is 14.2 Å². The maximum absolute atomic E-state index is 12.8. The van der Waals surface area contributed by atoms with Crippen LogP contribution in [0, 0.1) is 0 Å². The van der Waals surface area contributed by atoms with E-state index in [9.17, 15) is 4.79 Å². The van der Waals surface area contributed by atoms with E-state index in [0.717, 1.165) is 4.88 Å². The van der Waals surface area contributed by atoms with Crippen LogP contribution < -0.4 is 19.5 Å². The highest BCUT2D eigenvalue weighted by molar-refractivity contribution is 7.10. The summed E-state index contributed by atoms with van der Waals surface area (Å²) in [6.45, 7) is 0.387. The summed E-state index contributed by atoms with van der Waals surface area (Å²) in [5, 5.41) is 9.29. The fourth-order valence-corrected chi connectivity index (χ4v) is 3.65. The Morgan fingerprint density at radius 1 is 1.15 bits per heavy atom. The first-order chi connectivity index (χ1) is 13.2. The first kappa shape index (κ1) is 18.8. The van der Waals surface area contributed by atoms with Crippen molar-refractivity contribution in [1.82, 2.24) is 15.1 Å². The van der Waals surface area contributed by atoms with Crippen molar-refractivity contribution in [3.8, 4) is 17.2 Å². The lowest BCUT2D eigenvalue weighted by molar-refractivity contribution is 0.0945. The van der Waals surface area contributed by atoms with Crippen LogP contribution in [0.25, 0.3) is 0 Å². The zero-order valence-corrected chi connectivity index (χ0v) is 16.2. The van der Waals surface area contributed by atoms with Gasteiger partial charge in [0, 0.05) is 23.8 Å². The standard InChI is InChI=1S/C19H21N3O4S/c1-24-15-8-7-13(17(25-2)18(15)26-3)19(23)20-12-14(16-6-4-11-27-16)22-10-5-9-21-22/h4-11,14H,12H2,1-3H3,(H,20,23). The maximum Gasteiger partial charge on any atom is 0.255 e. The highest BCUT2D eigenvalue weighted by Gasteiger charge is 2.22. The molecule has 0 radical (unpaired) electrons. The number of hydrogen-bond donors (Lipinski definition) is 1. The van der Waals surface area contributed by atoms with Gasteiger partial charge in [-0.05, 0) is 29.6 Å². The molecule has 1 amide bonds. The topological polar surface area (TPSA) is 74.6 Å². The third-order valence-electron chi connectivity index (χ3n) is 4.12. The van der Waals surface area contributed by atoms with Crippen molar-refractivity contribution in [2.75, 3.05) is 27.9 Å². The monoisotopic (exact) mass is 387 g/mol. The molecule has 0 saturated carbocycles. The van der Waals surface area contributed by atoms with E-state index >= 15 is 0 Å². The summed E-state index contributed by atoms with van der Waals surface area (Å²) in [5.41, 5.74) is 0.376. The number of amides is 1. The molecule has 2 heterocycles. The van der Waals surface area contributed by atoms with Gasteiger partial charge in [-0.15, -0.1) is 11.3 Å². The molecular weight excluding hydrogens is 366 g/mol. The molecule has 3 rings (SSSR count). The van der Waals surface area contributed by atoms with Gasteiger partial charge in [0.2, 0.25) is 5.75 Å². The zero-order chi connectivity index (χ0) is 19.2. The van der Waals surface area contributed by atoms with Gasteiger partial charge in [-0.3, -0.25) is 9.48 Å². The number of nitrogens with one attached hydrogen (secondary N) is 1. The molecule has 0 spiro atoms. The van der Waals surface area contributed by atoms with Gasteiger partial charge >= 0.3 is 0 Å². The Bertz CT molecular complexity index is 845. The lowest BCUT2D eigenvalue weighted by Crippen LogP contribution is -2.31. The largest absolute Gasteiger partial charge is 0.493 e. The molecule has 8 heteroatoms. The number of benzene rings is 1. The number of carbonyl (C=O) groups is 1. The predicted octanol–water partition coefficient (Wildman–Crippen LogP) is 2.99. The number of rotatable bonds is 8. The average Bonchev–Trinajstić information content (AvgIpc) is 3.41. The van der Waals surface area contributed by atoms with E-state index in [2.05, 4.69) is 10.4 Å². The molecule has 0 aliphatic carbocycles. The Morgan fingerprint density at radius 3 is 2.56 bits per heavy atom. The van der Waals surface area contributed by atoms with Crippen molar-refractivity contribution < 1.29 is 19.0 Å². The van der Waals surface area contributed by atoms with E-state index in [-0.39, 0.29) is 11.9 Å². The molecule has 1 unspecified atom stereocenters. The molecular formula is C19H21N3O4S. The summed E-state index contributed by atoms with van der Waals surface area (Å²) >= 11 is 1.62. The summed E-state index contributed by atoms with van der Waals surface area (Å²) in [7, 11) is 4.53. The fourth-order valence-electron chi connectivity index (χ4n) is 2.84. The van der Waals surface area contributed by atoms with Gasteiger partial charge in [-0.2, -0.15) is 5.10 Å². The molecule has 1 N–H and O–H groups in total. The minimum absolute atomic E-state index is 0.0879. The molecule has 142 valence electrons. The molecule has 0 bridgehead atoms. The molecule has 27 heavy (non-hydrogen) atoms. The number of nitrogens with zero attached hydrogens (tertiary/aromatic N) is 2. The van der Waals surface area contributed by atoms with Crippen LogP contribution in [-0.4, -0.2) is 43.6 Å². The van der Waals surface area contributed by atoms with Crippen LogP contribution in [0.1, 0.15) is 21.3 Å². The van der Waals surface area contributed by atoms with Gasteiger partial charge in [0.1, 0.15) is 6.04 Å². The van der Waals surface area contributed by atoms with E-state index in [0.29, 0.717) is 29.4 Å². The maximum atomic E-state index is 12.8. The van der Waals surface area contributed by atoms with Crippen molar-refractivity contribution in [1.29, 1.82) is 0 Å². The molecule has 0 aliphatic rings. The Morgan fingerprint density at radius 2 is 1.96 bits per heavy atom. The Hall–Kier alpha value is -3.00. The van der Waals surface area contributed by atoms with Gasteiger partial charge in [0.15, 0.2) is 11.5 Å². The van der Waals surface area contributed by atoms with Gasteiger partial charge in [-0.1, -0.05) is 6.07 Å². The smallest absolute Gasteiger partial charge is 0.255 e. The number of thiophene rings is 1. The van der Waals surface area contributed by atoms with Crippen LogP contribution in [0.5, 0.6) is 17.2 Å². The Labute approximate surface area is 161 Å². The first-order valence-electron chi connectivity index (χ1n) is 8.29. The number of methoxy groups -OCH3 is 3. The second-order valence-corrected chi connectivity index (χ2v) is 6.59. The summed E-state index contributed by atoms with van der Waals surface area (Å²) in [6, 6.07) is 9.12. The molecule has 0 aliphatic heterocycles. The highest BCUT2D eigenvalue weighted by Crippen LogP contribution is 2.39. The molecule has 7 nitrogen and oxygen atoms in total. The second-order valence-electron chi connectivity index (χ2n) is 5.61. The van der Waals surface area contributed by atoms with Crippen molar-refractivity contribution in [3.63, 3.8) is 0 Å². The molecule has 0 saturated heterocycles. The molecule has 2 aromatic heterocycles. The molecule has 1 atom stereocenters. The Kier molecular flexibility index (Phi) is 5.97. The van der Waals surface area contributed by atoms with E-state index in [1.54, 1.807) is 29.7 Å². The van der Waals surface area contributed by atoms with E-state index < -0.39 is 0 Å². The van der Waals surface area contributed by atoms with Crippen LogP contribution in [0.4, 0.5) is 0 Å². The van der Waals surface area contributed by atoms with E-state index in [1.165, 1.54) is 21.3 Å². The molecule has 0 fully saturated rings. The third-order valence-corrected chi connectivity index (χ3v) is 5.09. The SMILES string of the molecule is COc1ccc(C(=O)NCC(c2cccs2)n2cccn2)c(OC)c1OC. The summed E-state index contributed by atoms with van der Waals surface area (Å²) < 4.78 is 17.8. The van der Waals surface area contributed by atoms with Gasteiger partial charge in [-0.25, -0.2) is 0 Å². The normalized spacial score (nSPS) is 11.7. The Balaban J connectivity index is 1.83. The average molecular weight is 387 g/mol. The number of carbonyl (C=O) groups excluding carboxylic acids is 1. The number of hydrogen-bond acceptors (Lipinski definition) is 6. The van der Waals surface area contributed by atoms with Crippen molar-refractivity contribution in [2.45, 2.75) is 6.04 Å². The quantitative estimate of drug-likeness (QED) is 0.643. The molecule has 1 aromatic carbocycles. The predicted molar refractivity (Wildman–Crippen MR) is 103 cm³/mol. The summed E-state index contributed by atoms with van der Waals surface area (Å²) in [5.74, 6) is 0.955. The summed E-state index contributed by atoms with van der Waals surface area (Å²) in [6.07, 6.45) is 3.60. The first-order valence-corrected chi connectivity index (χ1v) is 9.17. The van der Waals surface area contributed by atoms with Crippen LogP contribution >= 0.6 is 11.3 Å². The minimum atomic E-state index is -0.262. The fraction of sp³-hybridized carbons (Fsp3) is 0.263. The lowest BCUT2D eigenvalue weighted by Gasteiger charge is -2.19. The van der Waals surface area contributed by atoms with Crippen LogP contribution in [0.2, 0.25) is 0 Å². The van der Waals surface area contributed by atoms with Gasteiger partial charge < -0.3 is 19.5 Å². The minimum Gasteiger partial charge on any atom is -0.493 e. The highest BCUT2D eigenvalue weighted by atomic mass is 32.1. The summed E-state index contributed by atoms with van der Waals surface area (Å²) in [4.78, 5) is 13.9. The third kappa shape index (κ3) is 3.90. The van der Waals surface area contributed by atoms with Gasteiger partial charge in [0.25, 0.3) is 5.91 Å². The number of ether oxygens (including phenoxy) is 3. The van der Waals surface area contributed by atoms with E-state index in [1.807, 2.05) is 34.5 Å². The van der Waals surface area contributed by atoms with Crippen LogP contribution in [-0.2, 0) is 0 Å². The van der Waals surface area contributed by atoms with Crippen molar-refractivity contribution >= 4 is 17.2 Å². The second kappa shape index (κ2) is 8.59. The van der Waals surface area contributed by atoms with Crippen molar-refractivity contribution in [3.05, 3.63) is 58.5 Å². The van der Waals surface area contributed by atoms with Crippen LogP contribution in [0.15, 0.2) is 48.1 Å². The number of aromatic nitrogens is 2. The van der Waals surface area contributed by atoms with Crippen LogP contribution in [0.3, 0.4) is 0 Å².